The van der Waals surface area contributed by atoms with E-state index >= 15 is 0 Å². The van der Waals surface area contributed by atoms with Gasteiger partial charge in [0.1, 0.15) is 11.1 Å². The topological polar surface area (TPSA) is 63.6 Å². The van der Waals surface area contributed by atoms with Crippen molar-refractivity contribution in [3.05, 3.63) is 28.0 Å². The molecule has 0 bridgehead atoms. The fourth-order valence-electron chi connectivity index (χ4n) is 1.56. The first-order chi connectivity index (χ1) is 9.40. The molecule has 1 rings (SSSR count). The van der Waals surface area contributed by atoms with Gasteiger partial charge in [0.15, 0.2) is 0 Å². The van der Waals surface area contributed by atoms with Gasteiger partial charge in [0.05, 0.1) is 12.7 Å². The fraction of sp³-hybridized carbons (Fsp3) is 0.385. The third-order valence-corrected chi connectivity index (χ3v) is 4.76. The van der Waals surface area contributed by atoms with Gasteiger partial charge in [-0.2, -0.15) is 0 Å². The molecular weight excluding hydrogens is 351 g/mol. The van der Waals surface area contributed by atoms with E-state index in [0.717, 1.165) is 24.2 Å². The van der Waals surface area contributed by atoms with Crippen LogP contribution in [0.5, 0.6) is 0 Å². The first-order valence-electron chi connectivity index (χ1n) is 5.87. The number of carbonyl (C=O) groups is 2. The Kier molecular flexibility index (Phi) is 6.48. The maximum Gasteiger partial charge on any atom is 0.338 e. The first kappa shape index (κ1) is 17.0. The van der Waals surface area contributed by atoms with E-state index in [1.807, 2.05) is 6.92 Å². The minimum Gasteiger partial charge on any atom is -0.478 e. The Labute approximate surface area is 128 Å². The van der Waals surface area contributed by atoms with Crippen LogP contribution >= 0.6 is 27.7 Å². The third kappa shape index (κ3) is 4.21. The quantitative estimate of drug-likeness (QED) is 0.615. The highest BCUT2D eigenvalue weighted by molar-refractivity contribution is 9.10. The van der Waals surface area contributed by atoms with Gasteiger partial charge in [-0.1, -0.05) is 13.3 Å². The predicted molar refractivity (Wildman–Crippen MR) is 77.6 cm³/mol. The highest BCUT2D eigenvalue weighted by Crippen LogP contribution is 2.34. The molecule has 1 unspecified atom stereocenters. The van der Waals surface area contributed by atoms with Crippen LogP contribution in [-0.2, 0) is 9.53 Å². The lowest BCUT2D eigenvalue weighted by molar-refractivity contribution is -0.140. The SMILES string of the molecule is CCCC(Sc1cc(C(=O)O)c(F)cc1Br)C(=O)OC. The van der Waals surface area contributed by atoms with Crippen LogP contribution in [0.25, 0.3) is 0 Å². The molecule has 0 saturated carbocycles. The third-order valence-electron chi connectivity index (χ3n) is 2.54. The minimum atomic E-state index is -1.35. The summed E-state index contributed by atoms with van der Waals surface area (Å²) in [4.78, 5) is 23.1. The Morgan fingerprint density at radius 3 is 2.65 bits per heavy atom. The van der Waals surface area contributed by atoms with E-state index < -0.39 is 22.6 Å². The number of carboxylic acid groups (broad SMARTS) is 1. The molecule has 0 spiro atoms. The second-order valence-corrected chi connectivity index (χ2v) is 6.08. The van der Waals surface area contributed by atoms with Crippen LogP contribution in [-0.4, -0.2) is 29.4 Å². The molecule has 1 N–H and O–H groups in total. The lowest BCUT2D eigenvalue weighted by Crippen LogP contribution is -2.18. The molecule has 0 fully saturated rings. The zero-order valence-corrected chi connectivity index (χ0v) is 13.4. The summed E-state index contributed by atoms with van der Waals surface area (Å²) in [5.41, 5.74) is -0.421. The normalized spacial score (nSPS) is 12.0. The lowest BCUT2D eigenvalue weighted by atomic mass is 10.2. The number of hydrogen-bond acceptors (Lipinski definition) is 4. The number of esters is 1. The summed E-state index contributed by atoms with van der Waals surface area (Å²) in [5.74, 6) is -2.55. The number of ether oxygens (including phenoxy) is 1. The van der Waals surface area contributed by atoms with Gasteiger partial charge in [0, 0.05) is 9.37 Å². The smallest absolute Gasteiger partial charge is 0.338 e. The van der Waals surface area contributed by atoms with E-state index in [9.17, 15) is 14.0 Å². The van der Waals surface area contributed by atoms with E-state index in [2.05, 4.69) is 15.9 Å². The minimum absolute atomic E-state index is 0.384. The molecule has 7 heteroatoms. The van der Waals surface area contributed by atoms with Crippen LogP contribution in [0, 0.1) is 5.82 Å². The second-order valence-electron chi connectivity index (χ2n) is 3.99. The fourth-order valence-corrected chi connectivity index (χ4v) is 3.36. The summed E-state index contributed by atoms with van der Waals surface area (Å²) in [6.45, 7) is 1.93. The largest absolute Gasteiger partial charge is 0.478 e. The number of methoxy groups -OCH3 is 1. The van der Waals surface area contributed by atoms with Crippen LogP contribution in [0.3, 0.4) is 0 Å². The van der Waals surface area contributed by atoms with Crippen molar-refractivity contribution >= 4 is 39.6 Å². The zero-order valence-electron chi connectivity index (χ0n) is 11.0. The summed E-state index contributed by atoms with van der Waals surface area (Å²) >= 11 is 4.34. The predicted octanol–water partition coefficient (Wildman–Crippen LogP) is 3.72. The second kappa shape index (κ2) is 7.64. The van der Waals surface area contributed by atoms with Crippen molar-refractivity contribution in [2.24, 2.45) is 0 Å². The van der Waals surface area contributed by atoms with Gasteiger partial charge in [-0.3, -0.25) is 4.79 Å². The molecule has 0 amide bonds. The Hall–Kier alpha value is -1.08. The average molecular weight is 365 g/mol. The Morgan fingerprint density at radius 1 is 1.50 bits per heavy atom. The number of rotatable bonds is 6. The molecule has 20 heavy (non-hydrogen) atoms. The van der Waals surface area contributed by atoms with E-state index in [1.165, 1.54) is 13.2 Å². The maximum atomic E-state index is 13.5. The number of benzene rings is 1. The maximum absolute atomic E-state index is 13.5. The van der Waals surface area contributed by atoms with Gasteiger partial charge < -0.3 is 9.84 Å². The molecule has 4 nitrogen and oxygen atoms in total. The summed E-state index contributed by atoms with van der Waals surface area (Å²) in [6, 6.07) is 2.31. The van der Waals surface area contributed by atoms with Crippen molar-refractivity contribution in [1.82, 2.24) is 0 Å². The molecule has 0 aliphatic heterocycles. The van der Waals surface area contributed by atoms with E-state index in [4.69, 9.17) is 9.84 Å². The monoisotopic (exact) mass is 364 g/mol. The molecule has 0 aliphatic rings. The van der Waals surface area contributed by atoms with E-state index in [0.29, 0.717) is 15.8 Å². The average Bonchev–Trinajstić information content (AvgIpc) is 2.39. The highest BCUT2D eigenvalue weighted by atomic mass is 79.9. The molecule has 0 radical (unpaired) electrons. The molecule has 110 valence electrons. The van der Waals surface area contributed by atoms with Crippen molar-refractivity contribution in [2.45, 2.75) is 29.9 Å². The summed E-state index contributed by atoms with van der Waals surface area (Å²) < 4.78 is 18.6. The molecule has 0 aliphatic carbocycles. The number of hydrogen-bond donors (Lipinski definition) is 1. The molecule has 1 atom stereocenters. The lowest BCUT2D eigenvalue weighted by Gasteiger charge is -2.15. The van der Waals surface area contributed by atoms with Crippen LogP contribution in [0.2, 0.25) is 0 Å². The van der Waals surface area contributed by atoms with Crippen LogP contribution < -0.4 is 0 Å². The van der Waals surface area contributed by atoms with Gasteiger partial charge in [-0.25, -0.2) is 9.18 Å². The Bertz CT molecular complexity index is 521. The van der Waals surface area contributed by atoms with Crippen molar-refractivity contribution < 1.29 is 23.8 Å². The van der Waals surface area contributed by atoms with Crippen molar-refractivity contribution in [3.8, 4) is 0 Å². The van der Waals surface area contributed by atoms with Crippen molar-refractivity contribution in [2.75, 3.05) is 7.11 Å². The van der Waals surface area contributed by atoms with Gasteiger partial charge in [0.2, 0.25) is 0 Å². The van der Waals surface area contributed by atoms with Crippen molar-refractivity contribution in [3.63, 3.8) is 0 Å². The number of carboxylic acids is 1. The van der Waals surface area contributed by atoms with E-state index in [-0.39, 0.29) is 5.97 Å². The number of carbonyl (C=O) groups excluding carboxylic acids is 1. The van der Waals surface area contributed by atoms with Gasteiger partial charge in [-0.15, -0.1) is 11.8 Å². The van der Waals surface area contributed by atoms with Gasteiger partial charge >= 0.3 is 11.9 Å². The van der Waals surface area contributed by atoms with Crippen LogP contribution in [0.15, 0.2) is 21.5 Å². The molecule has 0 saturated heterocycles. The highest BCUT2D eigenvalue weighted by Gasteiger charge is 2.22. The number of aromatic carboxylic acids is 1. The molecular formula is C13H14BrFO4S. The van der Waals surface area contributed by atoms with Gasteiger partial charge in [-0.05, 0) is 34.5 Å². The molecule has 0 heterocycles. The van der Waals surface area contributed by atoms with Crippen LogP contribution in [0.4, 0.5) is 4.39 Å². The van der Waals surface area contributed by atoms with E-state index in [1.54, 1.807) is 0 Å². The number of halogens is 2. The standard InChI is InChI=1S/C13H14BrFO4S/c1-3-4-10(13(18)19-2)20-11-5-7(12(16)17)9(15)6-8(11)14/h5-6,10H,3-4H2,1-2H3,(H,16,17). The summed E-state index contributed by atoms with van der Waals surface area (Å²) in [7, 11) is 1.30. The first-order valence-corrected chi connectivity index (χ1v) is 7.54. The van der Waals surface area contributed by atoms with Gasteiger partial charge in [0.25, 0.3) is 0 Å². The molecule has 1 aromatic rings. The molecule has 0 aromatic heterocycles. The van der Waals surface area contributed by atoms with Crippen LogP contribution in [0.1, 0.15) is 30.1 Å². The summed E-state index contributed by atoms with van der Waals surface area (Å²) in [6.07, 6.45) is 1.36. The number of thioether (sulfide) groups is 1. The molecule has 1 aromatic carbocycles. The Balaban J connectivity index is 3.09. The van der Waals surface area contributed by atoms with Crippen molar-refractivity contribution in [1.29, 1.82) is 0 Å². The Morgan fingerprint density at radius 2 is 2.15 bits per heavy atom. The summed E-state index contributed by atoms with van der Waals surface area (Å²) in [5, 5.41) is 8.47. The zero-order chi connectivity index (χ0) is 15.3.